The molecule has 17 heavy (non-hydrogen) atoms. The van der Waals surface area contributed by atoms with Crippen molar-refractivity contribution in [3.8, 4) is 0 Å². The van der Waals surface area contributed by atoms with E-state index in [4.69, 9.17) is 10.3 Å². The van der Waals surface area contributed by atoms with Crippen LogP contribution in [0.2, 0.25) is 0 Å². The second kappa shape index (κ2) is 6.11. The van der Waals surface area contributed by atoms with Crippen LogP contribution in [0.4, 0.5) is 0 Å². The highest BCUT2D eigenvalue weighted by molar-refractivity contribution is 8.06. The van der Waals surface area contributed by atoms with Crippen LogP contribution in [0.1, 0.15) is 43.3 Å². The van der Waals surface area contributed by atoms with Gasteiger partial charge in [0, 0.05) is 17.3 Å². The number of thioether (sulfide) groups is 2. The molecule has 2 N–H and O–H groups in total. The third-order valence-electron chi connectivity index (χ3n) is 3.10. The van der Waals surface area contributed by atoms with E-state index in [0.29, 0.717) is 17.1 Å². The van der Waals surface area contributed by atoms with Crippen LogP contribution in [-0.2, 0) is 0 Å². The van der Waals surface area contributed by atoms with Gasteiger partial charge in [-0.3, -0.25) is 0 Å². The molecule has 1 aromatic rings. The Bertz CT molecular complexity index is 336. The van der Waals surface area contributed by atoms with Crippen LogP contribution in [0.15, 0.2) is 4.52 Å². The summed E-state index contributed by atoms with van der Waals surface area (Å²) in [7, 11) is 0. The van der Waals surface area contributed by atoms with Gasteiger partial charge in [0.15, 0.2) is 5.82 Å². The highest BCUT2D eigenvalue weighted by atomic mass is 32.2. The van der Waals surface area contributed by atoms with Gasteiger partial charge < -0.3 is 10.3 Å². The van der Waals surface area contributed by atoms with E-state index in [1.54, 1.807) is 0 Å². The largest absolute Gasteiger partial charge is 0.338 e. The molecule has 0 spiro atoms. The Morgan fingerprint density at radius 3 is 3.00 bits per heavy atom. The van der Waals surface area contributed by atoms with Gasteiger partial charge >= 0.3 is 0 Å². The minimum Gasteiger partial charge on any atom is -0.338 e. The normalized spacial score (nSPS) is 24.5. The van der Waals surface area contributed by atoms with E-state index in [1.165, 1.54) is 5.75 Å². The molecule has 0 saturated carbocycles. The van der Waals surface area contributed by atoms with Crippen molar-refractivity contribution in [2.75, 3.05) is 17.3 Å². The van der Waals surface area contributed by atoms with Gasteiger partial charge in [-0.2, -0.15) is 16.7 Å². The zero-order valence-electron chi connectivity index (χ0n) is 10.3. The first-order chi connectivity index (χ1) is 8.22. The van der Waals surface area contributed by atoms with E-state index in [-0.39, 0.29) is 6.04 Å². The molecule has 0 aromatic carbocycles. The first kappa shape index (κ1) is 13.2. The molecule has 2 rings (SSSR count). The Morgan fingerprint density at radius 2 is 2.35 bits per heavy atom. The van der Waals surface area contributed by atoms with E-state index in [1.807, 2.05) is 23.5 Å². The zero-order valence-corrected chi connectivity index (χ0v) is 11.9. The van der Waals surface area contributed by atoms with E-state index in [9.17, 15) is 0 Å². The van der Waals surface area contributed by atoms with Crippen molar-refractivity contribution in [2.45, 2.75) is 31.6 Å². The van der Waals surface area contributed by atoms with E-state index in [0.717, 1.165) is 23.8 Å². The van der Waals surface area contributed by atoms with Crippen molar-refractivity contribution in [2.24, 2.45) is 11.7 Å². The van der Waals surface area contributed by atoms with Crippen LogP contribution < -0.4 is 5.73 Å². The average molecular weight is 273 g/mol. The molecule has 1 saturated heterocycles. The molecule has 1 aliphatic rings. The van der Waals surface area contributed by atoms with E-state index in [2.05, 4.69) is 24.0 Å². The van der Waals surface area contributed by atoms with Gasteiger partial charge in [0.2, 0.25) is 5.89 Å². The summed E-state index contributed by atoms with van der Waals surface area (Å²) in [5.41, 5.74) is 6.08. The quantitative estimate of drug-likeness (QED) is 0.909. The summed E-state index contributed by atoms with van der Waals surface area (Å²) in [6.07, 6.45) is 1.02. The van der Waals surface area contributed by atoms with Gasteiger partial charge in [-0.15, -0.1) is 11.8 Å². The Hall–Kier alpha value is -0.200. The third-order valence-corrected chi connectivity index (χ3v) is 5.85. The fraction of sp³-hybridized carbons (Fsp3) is 0.818. The zero-order chi connectivity index (χ0) is 12.3. The van der Waals surface area contributed by atoms with Crippen molar-refractivity contribution in [1.82, 2.24) is 10.1 Å². The molecule has 6 heteroatoms. The lowest BCUT2D eigenvalue weighted by atomic mass is 10.0. The molecule has 1 aliphatic heterocycles. The maximum atomic E-state index is 6.08. The molecule has 4 nitrogen and oxygen atoms in total. The summed E-state index contributed by atoms with van der Waals surface area (Å²) in [5.74, 6) is 5.23. The number of nitrogens with zero attached hydrogens (tertiary/aromatic N) is 2. The Kier molecular flexibility index (Phi) is 4.76. The van der Waals surface area contributed by atoms with Gasteiger partial charge in [-0.25, -0.2) is 0 Å². The molecule has 0 amide bonds. The first-order valence-electron chi connectivity index (χ1n) is 6.00. The molecule has 1 aromatic heterocycles. The number of nitrogens with two attached hydrogens (primary N) is 1. The van der Waals surface area contributed by atoms with Gasteiger partial charge in [0.05, 0.1) is 11.3 Å². The average Bonchev–Trinajstić information content (AvgIpc) is 2.87. The van der Waals surface area contributed by atoms with E-state index < -0.39 is 0 Å². The number of rotatable bonds is 4. The maximum absolute atomic E-state index is 6.08. The van der Waals surface area contributed by atoms with Crippen LogP contribution in [0.3, 0.4) is 0 Å². The lowest BCUT2D eigenvalue weighted by Gasteiger charge is -2.17. The Morgan fingerprint density at radius 1 is 1.53 bits per heavy atom. The summed E-state index contributed by atoms with van der Waals surface area (Å²) in [5, 5.41) is 4.45. The minimum absolute atomic E-state index is 0.137. The summed E-state index contributed by atoms with van der Waals surface area (Å²) < 4.78 is 5.29. The lowest BCUT2D eigenvalue weighted by molar-refractivity contribution is 0.310. The SMILES string of the molecule is CCC(C)[C@H](N)c1nc(C2CSCCS2)no1. The molecular weight excluding hydrogens is 254 g/mol. The topological polar surface area (TPSA) is 64.9 Å². The molecule has 96 valence electrons. The highest BCUT2D eigenvalue weighted by Gasteiger charge is 2.25. The number of hydrogen-bond acceptors (Lipinski definition) is 6. The summed E-state index contributed by atoms with van der Waals surface area (Å²) in [4.78, 5) is 4.47. The van der Waals surface area contributed by atoms with Gasteiger partial charge in [-0.1, -0.05) is 25.4 Å². The maximum Gasteiger partial charge on any atom is 0.243 e. The predicted octanol–water partition coefficient (Wildman–Crippen LogP) is 2.64. The Labute approximate surface area is 110 Å². The van der Waals surface area contributed by atoms with Crippen molar-refractivity contribution in [1.29, 1.82) is 0 Å². The molecule has 0 radical (unpaired) electrons. The van der Waals surface area contributed by atoms with Crippen molar-refractivity contribution in [3.63, 3.8) is 0 Å². The van der Waals surface area contributed by atoms with Crippen molar-refractivity contribution < 1.29 is 4.52 Å². The fourth-order valence-corrected chi connectivity index (χ4v) is 4.24. The molecule has 2 unspecified atom stereocenters. The monoisotopic (exact) mass is 273 g/mol. The van der Waals surface area contributed by atoms with Crippen LogP contribution in [-0.4, -0.2) is 27.4 Å². The fourth-order valence-electron chi connectivity index (χ4n) is 1.65. The van der Waals surface area contributed by atoms with Gasteiger partial charge in [-0.05, 0) is 5.92 Å². The second-order valence-electron chi connectivity index (χ2n) is 4.34. The third kappa shape index (κ3) is 3.17. The minimum atomic E-state index is -0.137. The highest BCUT2D eigenvalue weighted by Crippen LogP contribution is 2.35. The predicted molar refractivity (Wildman–Crippen MR) is 73.2 cm³/mol. The second-order valence-corrected chi connectivity index (χ2v) is 6.80. The standard InChI is InChI=1S/C11H19N3OS2/c1-3-7(2)9(12)11-13-10(14-15-11)8-6-16-4-5-17-8/h7-9H,3-6,12H2,1-2H3/t7?,8?,9-/m0/s1. The number of hydrogen-bond donors (Lipinski definition) is 1. The molecule has 1 fully saturated rings. The van der Waals surface area contributed by atoms with Crippen LogP contribution in [0, 0.1) is 5.92 Å². The molecule has 2 heterocycles. The molecular formula is C11H19N3OS2. The molecule has 3 atom stereocenters. The Balaban J connectivity index is 2.04. The van der Waals surface area contributed by atoms with Gasteiger partial charge in [0.25, 0.3) is 0 Å². The van der Waals surface area contributed by atoms with Crippen LogP contribution in [0.5, 0.6) is 0 Å². The van der Waals surface area contributed by atoms with Crippen LogP contribution >= 0.6 is 23.5 Å². The summed E-state index contributed by atoms with van der Waals surface area (Å²) >= 11 is 3.86. The lowest BCUT2D eigenvalue weighted by Crippen LogP contribution is -2.19. The molecule has 0 aliphatic carbocycles. The van der Waals surface area contributed by atoms with Crippen molar-refractivity contribution in [3.05, 3.63) is 11.7 Å². The van der Waals surface area contributed by atoms with E-state index >= 15 is 0 Å². The smallest absolute Gasteiger partial charge is 0.243 e. The first-order valence-corrected chi connectivity index (χ1v) is 8.21. The molecule has 0 bridgehead atoms. The number of aromatic nitrogens is 2. The summed E-state index contributed by atoms with van der Waals surface area (Å²) in [6.45, 7) is 4.23. The van der Waals surface area contributed by atoms with Crippen molar-refractivity contribution >= 4 is 23.5 Å². The summed E-state index contributed by atoms with van der Waals surface area (Å²) in [6, 6.07) is -0.137. The van der Waals surface area contributed by atoms with Gasteiger partial charge in [0.1, 0.15) is 0 Å². The van der Waals surface area contributed by atoms with Crippen LogP contribution in [0.25, 0.3) is 0 Å².